The highest BCUT2D eigenvalue weighted by Gasteiger charge is 2.55. The van der Waals surface area contributed by atoms with Crippen LogP contribution in [0.15, 0.2) is 0 Å². The normalized spacial score (nSPS) is 37.0. The summed E-state index contributed by atoms with van der Waals surface area (Å²) < 4.78 is 40.5. The number of sulfonamides is 1. The molecular formula is C30H52FN7O2S. The maximum Gasteiger partial charge on any atom is 0.216 e. The fourth-order valence-electron chi connectivity index (χ4n) is 8.65. The van der Waals surface area contributed by atoms with E-state index in [0.29, 0.717) is 50.6 Å². The largest absolute Gasteiger partial charge is 0.289 e. The summed E-state index contributed by atoms with van der Waals surface area (Å²) in [6.45, 7) is 5.40. The quantitative estimate of drug-likeness (QED) is 0.395. The van der Waals surface area contributed by atoms with Gasteiger partial charge in [-0.25, -0.2) is 12.7 Å². The van der Waals surface area contributed by atoms with Crippen LogP contribution in [-0.2, 0) is 10.0 Å². The van der Waals surface area contributed by atoms with E-state index in [1.165, 1.54) is 44.9 Å². The zero-order valence-corrected chi connectivity index (χ0v) is 25.8. The number of alkyl halides is 1. The highest BCUT2D eigenvalue weighted by molar-refractivity contribution is 7.90. The van der Waals surface area contributed by atoms with E-state index in [1.807, 2.05) is 0 Å². The molecule has 0 aromatic rings. The summed E-state index contributed by atoms with van der Waals surface area (Å²) in [5.74, 6) is 0.488. The average Bonchev–Trinajstić information content (AvgIpc) is 3.78. The molecule has 5 unspecified atom stereocenters. The fourth-order valence-corrected chi connectivity index (χ4v) is 10.5. The molecule has 232 valence electrons. The van der Waals surface area contributed by atoms with Gasteiger partial charge in [-0.05, 0) is 64.2 Å². The van der Waals surface area contributed by atoms with Crippen LogP contribution < -0.4 is 16.0 Å². The van der Waals surface area contributed by atoms with Crippen LogP contribution in [0.3, 0.4) is 0 Å². The number of nitrogens with zero attached hydrogens (tertiary/aromatic N) is 4. The van der Waals surface area contributed by atoms with Gasteiger partial charge in [0.25, 0.3) is 0 Å². The number of rotatable bonds is 8. The number of hydrogen-bond acceptors (Lipinski definition) is 8. The number of fused-ring (bicyclic) bond motifs is 1. The minimum absolute atomic E-state index is 0.0317. The van der Waals surface area contributed by atoms with E-state index in [9.17, 15) is 18.1 Å². The van der Waals surface area contributed by atoms with Gasteiger partial charge in [-0.3, -0.25) is 30.1 Å². The Morgan fingerprint density at radius 1 is 1.02 bits per heavy atom. The lowest BCUT2D eigenvalue weighted by atomic mass is 9.74. The third-order valence-electron chi connectivity index (χ3n) is 11.1. The van der Waals surface area contributed by atoms with Gasteiger partial charge in [-0.15, -0.1) is 0 Å². The summed E-state index contributed by atoms with van der Waals surface area (Å²) >= 11 is 0. The first kappa shape index (κ1) is 30.2. The third kappa shape index (κ3) is 6.36. The van der Waals surface area contributed by atoms with Gasteiger partial charge in [-0.2, -0.15) is 5.26 Å². The summed E-state index contributed by atoms with van der Waals surface area (Å²) in [5, 5.41) is 21.3. The predicted molar refractivity (Wildman–Crippen MR) is 158 cm³/mol. The Morgan fingerprint density at radius 2 is 1.71 bits per heavy atom. The smallest absolute Gasteiger partial charge is 0.216 e. The number of nitrogens with one attached hydrogen (secondary N) is 3. The van der Waals surface area contributed by atoms with Crippen molar-refractivity contribution in [3.63, 3.8) is 0 Å². The topological polar surface area (TPSA) is 104 Å². The maximum absolute atomic E-state index is 13.4. The van der Waals surface area contributed by atoms with Crippen molar-refractivity contribution in [3.8, 4) is 6.07 Å². The van der Waals surface area contributed by atoms with Crippen LogP contribution in [-0.4, -0.2) is 104 Å². The second-order valence-electron chi connectivity index (χ2n) is 14.1. The number of piperidine rings is 2. The van der Waals surface area contributed by atoms with E-state index in [-0.39, 0.29) is 29.8 Å². The van der Waals surface area contributed by atoms with Crippen LogP contribution in [0, 0.1) is 22.7 Å². The van der Waals surface area contributed by atoms with Crippen molar-refractivity contribution >= 4 is 10.0 Å². The molecule has 4 heterocycles. The zero-order chi connectivity index (χ0) is 28.6. The molecule has 6 fully saturated rings. The number of hydrogen-bond donors (Lipinski definition) is 3. The summed E-state index contributed by atoms with van der Waals surface area (Å²) in [5.41, 5.74) is -0.559. The van der Waals surface area contributed by atoms with Gasteiger partial charge < -0.3 is 0 Å². The standard InChI is InChI=1S/C30H52FN7O2S/c1-22-17-23-18-33-29(34-24-11-15-37(16-12-24)41(39,40)26-9-10-26)35-27(23)28(36-20-30(19-32,21-36)13-14-31)38(22)25-7-5-3-2-4-6-8-25/h22-29,33-35H,2-18,20-21H2,1H3. The minimum atomic E-state index is -3.10. The van der Waals surface area contributed by atoms with Crippen molar-refractivity contribution in [1.82, 2.24) is 30.1 Å². The van der Waals surface area contributed by atoms with Gasteiger partial charge in [0, 0.05) is 56.9 Å². The molecule has 0 radical (unpaired) electrons. The average molecular weight is 594 g/mol. The Bertz CT molecular complexity index is 1030. The van der Waals surface area contributed by atoms with Crippen LogP contribution >= 0.6 is 0 Å². The van der Waals surface area contributed by atoms with E-state index >= 15 is 0 Å². The summed E-state index contributed by atoms with van der Waals surface area (Å²) in [7, 11) is -3.10. The first-order valence-electron chi connectivity index (χ1n) is 16.6. The monoisotopic (exact) mass is 593 g/mol. The molecule has 11 heteroatoms. The lowest BCUT2D eigenvalue weighted by Gasteiger charge is -2.62. The Balaban J connectivity index is 1.15. The number of nitriles is 1. The first-order chi connectivity index (χ1) is 19.8. The van der Waals surface area contributed by atoms with Crippen LogP contribution in [0.5, 0.6) is 0 Å². The molecule has 9 nitrogen and oxygen atoms in total. The van der Waals surface area contributed by atoms with Gasteiger partial charge in [0.05, 0.1) is 29.6 Å². The van der Waals surface area contributed by atoms with Crippen molar-refractivity contribution in [1.29, 1.82) is 5.26 Å². The van der Waals surface area contributed by atoms with Crippen molar-refractivity contribution in [3.05, 3.63) is 0 Å². The molecule has 6 rings (SSSR count). The highest BCUT2D eigenvalue weighted by Crippen LogP contribution is 2.43. The fraction of sp³-hybridized carbons (Fsp3) is 0.967. The molecular weight excluding hydrogens is 541 g/mol. The molecule has 0 spiro atoms. The zero-order valence-electron chi connectivity index (χ0n) is 24.9. The Morgan fingerprint density at radius 3 is 2.34 bits per heavy atom. The highest BCUT2D eigenvalue weighted by atomic mass is 32.2. The van der Waals surface area contributed by atoms with E-state index in [1.54, 1.807) is 4.31 Å². The van der Waals surface area contributed by atoms with Crippen molar-refractivity contribution in [2.45, 2.75) is 132 Å². The predicted octanol–water partition coefficient (Wildman–Crippen LogP) is 2.71. The van der Waals surface area contributed by atoms with Crippen molar-refractivity contribution in [2.75, 3.05) is 39.4 Å². The van der Waals surface area contributed by atoms with Crippen molar-refractivity contribution in [2.24, 2.45) is 11.3 Å². The van der Waals surface area contributed by atoms with Gasteiger partial charge in [-0.1, -0.05) is 32.1 Å². The number of likely N-dealkylation sites (tertiary alicyclic amines) is 2. The Kier molecular flexibility index (Phi) is 9.29. The van der Waals surface area contributed by atoms with E-state index in [0.717, 1.165) is 38.6 Å². The minimum Gasteiger partial charge on any atom is -0.289 e. The second kappa shape index (κ2) is 12.6. The SMILES string of the molecule is CC1CC2CNC(NC3CCN(S(=O)(=O)C4CC4)CC3)NC2C(N2CC(C#N)(CCF)C2)N1C1CCCCCCC1. The molecule has 3 N–H and O–H groups in total. The molecule has 2 aliphatic carbocycles. The van der Waals surface area contributed by atoms with Crippen LogP contribution in [0.25, 0.3) is 0 Å². The second-order valence-corrected chi connectivity index (χ2v) is 16.3. The van der Waals surface area contributed by atoms with E-state index in [4.69, 9.17) is 0 Å². The summed E-state index contributed by atoms with van der Waals surface area (Å²) in [6.07, 6.45) is 14.0. The van der Waals surface area contributed by atoms with Gasteiger partial charge in [0.2, 0.25) is 10.0 Å². The molecule has 41 heavy (non-hydrogen) atoms. The lowest BCUT2D eigenvalue weighted by molar-refractivity contribution is -0.147. The summed E-state index contributed by atoms with van der Waals surface area (Å²) in [6, 6.07) is 4.02. The number of halogens is 1. The molecule has 0 amide bonds. The Labute approximate surface area is 247 Å². The van der Waals surface area contributed by atoms with Crippen LogP contribution in [0.1, 0.15) is 90.4 Å². The van der Waals surface area contributed by atoms with Gasteiger partial charge in [0.1, 0.15) is 6.29 Å². The molecule has 0 aromatic heterocycles. The van der Waals surface area contributed by atoms with Gasteiger partial charge in [0.15, 0.2) is 0 Å². The van der Waals surface area contributed by atoms with Crippen LogP contribution in [0.2, 0.25) is 0 Å². The molecule has 6 aliphatic rings. The molecule has 0 bridgehead atoms. The Hall–Kier alpha value is -0.870. The molecule has 4 aliphatic heterocycles. The first-order valence-corrected chi connectivity index (χ1v) is 18.1. The van der Waals surface area contributed by atoms with Crippen LogP contribution in [0.4, 0.5) is 4.39 Å². The summed E-state index contributed by atoms with van der Waals surface area (Å²) in [4.78, 5) is 5.29. The lowest BCUT2D eigenvalue weighted by Crippen LogP contribution is -2.79. The van der Waals surface area contributed by atoms with Gasteiger partial charge >= 0.3 is 0 Å². The molecule has 2 saturated carbocycles. The molecule has 0 aromatic carbocycles. The van der Waals surface area contributed by atoms with E-state index < -0.39 is 22.1 Å². The van der Waals surface area contributed by atoms with Crippen molar-refractivity contribution < 1.29 is 12.8 Å². The molecule has 5 atom stereocenters. The maximum atomic E-state index is 13.4. The molecule has 4 saturated heterocycles. The van der Waals surface area contributed by atoms with E-state index in [2.05, 4.69) is 38.7 Å². The third-order valence-corrected chi connectivity index (χ3v) is 13.5.